The third-order valence-corrected chi connectivity index (χ3v) is 4.77. The van der Waals surface area contributed by atoms with E-state index in [1.165, 1.54) is 0 Å². The maximum absolute atomic E-state index is 12.4. The quantitative estimate of drug-likeness (QED) is 0.603. The Morgan fingerprint density at radius 3 is 2.71 bits per heavy atom. The number of aromatic nitrogens is 1. The number of fused-ring (bicyclic) bond motifs is 1. The molecule has 122 valence electrons. The van der Waals surface area contributed by atoms with E-state index in [-0.39, 0.29) is 11.5 Å². The second-order valence-corrected chi connectivity index (χ2v) is 6.77. The first-order valence-electron chi connectivity index (χ1n) is 7.80. The second-order valence-electron chi connectivity index (χ2n) is 5.60. The standard InChI is InChI=1S/C19H17IN2O2/c1-2-5-12-10-18(23)22-17-11-13(8-9-14(12)17)21-19(24)15-6-3-4-7-16(15)20/h3-4,6-11H,2,5H2,1H3,(H,21,24)(H,22,23). The van der Waals surface area contributed by atoms with E-state index >= 15 is 0 Å². The molecule has 1 heterocycles. The topological polar surface area (TPSA) is 62.0 Å². The van der Waals surface area contributed by atoms with Gasteiger partial charge >= 0.3 is 0 Å². The van der Waals surface area contributed by atoms with E-state index < -0.39 is 0 Å². The number of halogens is 1. The van der Waals surface area contributed by atoms with Crippen molar-refractivity contribution in [1.82, 2.24) is 4.98 Å². The molecule has 0 spiro atoms. The van der Waals surface area contributed by atoms with E-state index in [1.54, 1.807) is 12.1 Å². The Labute approximate surface area is 153 Å². The molecule has 3 aromatic rings. The molecular weight excluding hydrogens is 415 g/mol. The lowest BCUT2D eigenvalue weighted by Crippen LogP contribution is -2.13. The van der Waals surface area contributed by atoms with Gasteiger partial charge in [-0.15, -0.1) is 0 Å². The van der Waals surface area contributed by atoms with Crippen LogP contribution in [0, 0.1) is 3.57 Å². The highest BCUT2D eigenvalue weighted by atomic mass is 127. The highest BCUT2D eigenvalue weighted by Gasteiger charge is 2.10. The highest BCUT2D eigenvalue weighted by molar-refractivity contribution is 14.1. The summed E-state index contributed by atoms with van der Waals surface area (Å²) in [5.74, 6) is -0.161. The zero-order valence-electron chi connectivity index (χ0n) is 13.2. The van der Waals surface area contributed by atoms with Gasteiger partial charge in [-0.3, -0.25) is 9.59 Å². The first-order chi connectivity index (χ1) is 11.6. The van der Waals surface area contributed by atoms with Crippen molar-refractivity contribution in [3.05, 3.63) is 73.6 Å². The average molecular weight is 432 g/mol. The molecule has 0 saturated heterocycles. The smallest absolute Gasteiger partial charge is 0.256 e. The van der Waals surface area contributed by atoms with Crippen molar-refractivity contribution >= 4 is 45.1 Å². The second kappa shape index (κ2) is 7.17. The van der Waals surface area contributed by atoms with E-state index in [0.29, 0.717) is 11.3 Å². The summed E-state index contributed by atoms with van der Waals surface area (Å²) >= 11 is 2.14. The van der Waals surface area contributed by atoms with E-state index in [9.17, 15) is 9.59 Å². The fraction of sp³-hybridized carbons (Fsp3) is 0.158. The van der Waals surface area contributed by atoms with Crippen molar-refractivity contribution in [2.45, 2.75) is 19.8 Å². The Morgan fingerprint density at radius 2 is 1.96 bits per heavy atom. The van der Waals surface area contributed by atoms with Crippen molar-refractivity contribution in [2.75, 3.05) is 5.32 Å². The Bertz CT molecular complexity index is 963. The van der Waals surface area contributed by atoms with Gasteiger partial charge in [0.1, 0.15) is 0 Å². The number of anilines is 1. The number of nitrogens with one attached hydrogen (secondary N) is 2. The molecule has 4 nitrogen and oxygen atoms in total. The van der Waals surface area contributed by atoms with Crippen LogP contribution in [0.3, 0.4) is 0 Å². The number of pyridine rings is 1. The Kier molecular flexibility index (Phi) is 4.99. The molecule has 24 heavy (non-hydrogen) atoms. The van der Waals surface area contributed by atoms with Gasteiger partial charge in [0.25, 0.3) is 5.91 Å². The molecule has 0 aliphatic rings. The lowest BCUT2D eigenvalue weighted by atomic mass is 10.0. The summed E-state index contributed by atoms with van der Waals surface area (Å²) in [5.41, 5.74) is 2.95. The van der Waals surface area contributed by atoms with Crippen LogP contribution in [-0.4, -0.2) is 10.9 Å². The predicted molar refractivity (Wildman–Crippen MR) is 106 cm³/mol. The summed E-state index contributed by atoms with van der Waals surface area (Å²) in [5, 5.41) is 3.91. The number of aryl methyl sites for hydroxylation is 1. The molecule has 0 unspecified atom stereocenters. The van der Waals surface area contributed by atoms with Gasteiger partial charge in [0, 0.05) is 20.7 Å². The van der Waals surface area contributed by atoms with Gasteiger partial charge in [-0.1, -0.05) is 31.5 Å². The monoisotopic (exact) mass is 432 g/mol. The minimum Gasteiger partial charge on any atom is -0.322 e. The van der Waals surface area contributed by atoms with Gasteiger partial charge in [0.2, 0.25) is 5.56 Å². The highest BCUT2D eigenvalue weighted by Crippen LogP contribution is 2.22. The molecule has 3 rings (SSSR count). The van der Waals surface area contributed by atoms with Gasteiger partial charge in [-0.25, -0.2) is 0 Å². The molecule has 0 aliphatic heterocycles. The van der Waals surface area contributed by atoms with E-state index in [2.05, 4.69) is 39.8 Å². The van der Waals surface area contributed by atoms with Crippen molar-refractivity contribution in [3.8, 4) is 0 Å². The number of hydrogen-bond acceptors (Lipinski definition) is 2. The van der Waals surface area contributed by atoms with Gasteiger partial charge in [0.15, 0.2) is 0 Å². The molecule has 1 aromatic heterocycles. The van der Waals surface area contributed by atoms with Gasteiger partial charge in [0.05, 0.1) is 11.1 Å². The van der Waals surface area contributed by atoms with Crippen molar-refractivity contribution < 1.29 is 4.79 Å². The minimum absolute atomic E-state index is 0.118. The number of H-pyrrole nitrogens is 1. The number of amides is 1. The SMILES string of the molecule is CCCc1cc(=O)[nH]c2cc(NC(=O)c3ccccc3I)ccc12. The maximum Gasteiger partial charge on any atom is 0.256 e. The molecular formula is C19H17IN2O2. The number of carbonyl (C=O) groups is 1. The Balaban J connectivity index is 1.95. The Morgan fingerprint density at radius 1 is 1.17 bits per heavy atom. The minimum atomic E-state index is -0.161. The fourth-order valence-electron chi connectivity index (χ4n) is 2.73. The largest absolute Gasteiger partial charge is 0.322 e. The molecule has 0 bridgehead atoms. The number of hydrogen-bond donors (Lipinski definition) is 2. The van der Waals surface area contributed by atoms with Crippen LogP contribution in [-0.2, 0) is 6.42 Å². The summed E-state index contributed by atoms with van der Waals surface area (Å²) < 4.78 is 0.895. The van der Waals surface area contributed by atoms with Crippen LogP contribution in [0.15, 0.2) is 53.3 Å². The van der Waals surface area contributed by atoms with Crippen LogP contribution >= 0.6 is 22.6 Å². The number of carbonyl (C=O) groups excluding carboxylic acids is 1. The summed E-state index contributed by atoms with van der Waals surface area (Å²) in [6, 6.07) is 14.7. The van der Waals surface area contributed by atoms with E-state index in [0.717, 1.165) is 32.9 Å². The summed E-state index contributed by atoms with van der Waals surface area (Å²) in [7, 11) is 0. The third kappa shape index (κ3) is 3.51. The Hall–Kier alpha value is -2.15. The molecule has 0 radical (unpaired) electrons. The van der Waals surface area contributed by atoms with E-state index in [1.807, 2.05) is 36.4 Å². The van der Waals surface area contributed by atoms with Gasteiger partial charge < -0.3 is 10.3 Å². The number of benzene rings is 2. The van der Waals surface area contributed by atoms with Crippen molar-refractivity contribution in [1.29, 1.82) is 0 Å². The van der Waals surface area contributed by atoms with Crippen LogP contribution in [0.4, 0.5) is 5.69 Å². The van der Waals surface area contributed by atoms with Crippen LogP contribution in [0.2, 0.25) is 0 Å². The normalized spacial score (nSPS) is 10.8. The van der Waals surface area contributed by atoms with Crippen LogP contribution < -0.4 is 10.9 Å². The van der Waals surface area contributed by atoms with Crippen molar-refractivity contribution in [3.63, 3.8) is 0 Å². The maximum atomic E-state index is 12.4. The predicted octanol–water partition coefficient (Wildman–Crippen LogP) is 4.34. The van der Waals surface area contributed by atoms with Crippen LogP contribution in [0.5, 0.6) is 0 Å². The zero-order valence-corrected chi connectivity index (χ0v) is 15.4. The molecule has 0 saturated carbocycles. The molecule has 0 aliphatic carbocycles. The van der Waals surface area contributed by atoms with Crippen molar-refractivity contribution in [2.24, 2.45) is 0 Å². The molecule has 0 atom stereocenters. The summed E-state index contributed by atoms with van der Waals surface area (Å²) in [6.07, 6.45) is 1.83. The average Bonchev–Trinajstić information content (AvgIpc) is 2.55. The fourth-order valence-corrected chi connectivity index (χ4v) is 3.36. The molecule has 0 fully saturated rings. The molecule has 5 heteroatoms. The molecule has 2 N–H and O–H groups in total. The summed E-state index contributed by atoms with van der Waals surface area (Å²) in [6.45, 7) is 2.09. The molecule has 2 aromatic carbocycles. The summed E-state index contributed by atoms with van der Waals surface area (Å²) in [4.78, 5) is 27.1. The lowest BCUT2D eigenvalue weighted by Gasteiger charge is -2.10. The van der Waals surface area contributed by atoms with Gasteiger partial charge in [-0.2, -0.15) is 0 Å². The first kappa shape index (κ1) is 16.7. The van der Waals surface area contributed by atoms with Crippen LogP contribution in [0.1, 0.15) is 29.3 Å². The lowest BCUT2D eigenvalue weighted by molar-refractivity contribution is 0.102. The van der Waals surface area contributed by atoms with Gasteiger partial charge in [-0.05, 0) is 58.8 Å². The first-order valence-corrected chi connectivity index (χ1v) is 8.88. The number of rotatable bonds is 4. The zero-order chi connectivity index (χ0) is 17.1. The van der Waals surface area contributed by atoms with E-state index in [4.69, 9.17) is 0 Å². The third-order valence-electron chi connectivity index (χ3n) is 3.82. The van der Waals surface area contributed by atoms with Crippen LogP contribution in [0.25, 0.3) is 10.9 Å². The molecule has 1 amide bonds. The number of aromatic amines is 1.